The zero-order valence-corrected chi connectivity index (χ0v) is 13.3. The quantitative estimate of drug-likeness (QED) is 0.876. The van der Waals surface area contributed by atoms with Gasteiger partial charge in [-0.05, 0) is 42.9 Å². The van der Waals surface area contributed by atoms with Crippen LogP contribution in [-0.2, 0) is 16.6 Å². The van der Waals surface area contributed by atoms with Crippen LogP contribution in [0.4, 0.5) is 0 Å². The van der Waals surface area contributed by atoms with Gasteiger partial charge in [0, 0.05) is 19.1 Å². The Morgan fingerprint density at radius 1 is 1.35 bits per heavy atom. The maximum atomic E-state index is 12.9. The first kappa shape index (κ1) is 15.5. The number of hydrogen-bond donors (Lipinski definition) is 1. The van der Waals surface area contributed by atoms with E-state index in [1.165, 1.54) is 0 Å². The van der Waals surface area contributed by atoms with E-state index in [1.54, 1.807) is 10.4 Å². The molecule has 1 aromatic carbocycles. The van der Waals surface area contributed by atoms with E-state index in [0.29, 0.717) is 23.9 Å². The number of hydrogen-bond acceptors (Lipinski definition) is 3. The van der Waals surface area contributed by atoms with Crippen LogP contribution in [0.3, 0.4) is 0 Å². The van der Waals surface area contributed by atoms with Crippen molar-refractivity contribution in [3.63, 3.8) is 0 Å². The molecule has 0 atom stereocenters. The summed E-state index contributed by atoms with van der Waals surface area (Å²) in [6.07, 6.45) is 1.95. The van der Waals surface area contributed by atoms with Crippen molar-refractivity contribution in [3.05, 3.63) is 29.3 Å². The lowest BCUT2D eigenvalue weighted by Gasteiger charge is -2.25. The van der Waals surface area contributed by atoms with Gasteiger partial charge in [0.1, 0.15) is 0 Å². The second-order valence-corrected chi connectivity index (χ2v) is 7.86. The van der Waals surface area contributed by atoms with Gasteiger partial charge in [0.2, 0.25) is 10.0 Å². The van der Waals surface area contributed by atoms with E-state index in [-0.39, 0.29) is 6.04 Å². The lowest BCUT2D eigenvalue weighted by molar-refractivity contribution is 0.360. The van der Waals surface area contributed by atoms with E-state index in [4.69, 9.17) is 5.73 Å². The molecule has 0 unspecified atom stereocenters. The van der Waals surface area contributed by atoms with Gasteiger partial charge in [-0.1, -0.05) is 26.0 Å². The molecule has 0 bridgehead atoms. The van der Waals surface area contributed by atoms with Gasteiger partial charge in [-0.25, -0.2) is 8.42 Å². The summed E-state index contributed by atoms with van der Waals surface area (Å²) in [7, 11) is -3.42. The summed E-state index contributed by atoms with van der Waals surface area (Å²) < 4.78 is 27.5. The Bertz CT molecular complexity index is 578. The van der Waals surface area contributed by atoms with E-state index >= 15 is 0 Å². The number of nitrogens with two attached hydrogens (primary N) is 1. The van der Waals surface area contributed by atoms with Crippen LogP contribution in [0.5, 0.6) is 0 Å². The normalized spacial score (nSPS) is 16.1. The van der Waals surface area contributed by atoms with Gasteiger partial charge in [0.05, 0.1) is 4.90 Å². The fourth-order valence-corrected chi connectivity index (χ4v) is 4.47. The molecule has 4 nitrogen and oxygen atoms in total. The van der Waals surface area contributed by atoms with E-state index in [1.807, 2.05) is 32.9 Å². The summed E-state index contributed by atoms with van der Waals surface area (Å²) in [6, 6.07) is 5.64. The van der Waals surface area contributed by atoms with Crippen LogP contribution in [0.2, 0.25) is 0 Å². The molecule has 0 amide bonds. The van der Waals surface area contributed by atoms with Gasteiger partial charge in [-0.3, -0.25) is 0 Å². The maximum Gasteiger partial charge on any atom is 0.243 e. The van der Waals surface area contributed by atoms with Crippen molar-refractivity contribution in [2.45, 2.75) is 51.1 Å². The molecule has 1 fully saturated rings. The average molecular weight is 296 g/mol. The molecule has 112 valence electrons. The smallest absolute Gasteiger partial charge is 0.243 e. The molecule has 5 heteroatoms. The molecule has 1 saturated carbocycles. The number of rotatable bonds is 6. The highest BCUT2D eigenvalue weighted by molar-refractivity contribution is 7.89. The largest absolute Gasteiger partial charge is 0.326 e. The molecule has 0 aromatic heterocycles. The summed E-state index contributed by atoms with van der Waals surface area (Å²) in [5, 5.41) is 0. The van der Waals surface area contributed by atoms with Crippen LogP contribution >= 0.6 is 0 Å². The zero-order chi connectivity index (χ0) is 14.9. The van der Waals surface area contributed by atoms with Crippen LogP contribution in [0.1, 0.15) is 37.8 Å². The van der Waals surface area contributed by atoms with Gasteiger partial charge < -0.3 is 5.73 Å². The highest BCUT2D eigenvalue weighted by Gasteiger charge is 2.38. The van der Waals surface area contributed by atoms with Crippen LogP contribution < -0.4 is 5.73 Å². The van der Waals surface area contributed by atoms with E-state index in [9.17, 15) is 8.42 Å². The third kappa shape index (κ3) is 3.22. The predicted molar refractivity (Wildman–Crippen MR) is 80.8 cm³/mol. The molecular weight excluding hydrogens is 272 g/mol. The van der Waals surface area contributed by atoms with Gasteiger partial charge in [-0.2, -0.15) is 4.31 Å². The van der Waals surface area contributed by atoms with Gasteiger partial charge in [0.25, 0.3) is 0 Å². The molecule has 1 aliphatic rings. The van der Waals surface area contributed by atoms with E-state index < -0.39 is 10.0 Å². The number of aryl methyl sites for hydroxylation is 1. The second-order valence-electron chi connectivity index (χ2n) is 6.00. The lowest BCUT2D eigenvalue weighted by atomic mass is 10.1. The molecule has 2 rings (SSSR count). The molecule has 0 radical (unpaired) electrons. The molecule has 1 aromatic rings. The molecule has 0 aliphatic heterocycles. The van der Waals surface area contributed by atoms with Crippen molar-refractivity contribution in [2.24, 2.45) is 11.7 Å². The first-order valence-electron chi connectivity index (χ1n) is 7.17. The number of benzene rings is 1. The van der Waals surface area contributed by atoms with Gasteiger partial charge in [-0.15, -0.1) is 0 Å². The fourth-order valence-electron chi connectivity index (χ4n) is 2.34. The van der Waals surface area contributed by atoms with Crippen molar-refractivity contribution in [1.82, 2.24) is 4.31 Å². The molecule has 1 aliphatic carbocycles. The van der Waals surface area contributed by atoms with Crippen molar-refractivity contribution >= 4 is 10.0 Å². The topological polar surface area (TPSA) is 63.4 Å². The predicted octanol–water partition coefficient (Wildman–Crippen LogP) is 2.26. The SMILES string of the molecule is Cc1ccc(CN)cc1S(=O)(=O)N(CC(C)C)C1CC1. The van der Waals surface area contributed by atoms with Crippen molar-refractivity contribution in [1.29, 1.82) is 0 Å². The van der Waals surface area contributed by atoms with Crippen LogP contribution in [-0.4, -0.2) is 25.3 Å². The first-order valence-corrected chi connectivity index (χ1v) is 8.61. The van der Waals surface area contributed by atoms with Crippen molar-refractivity contribution in [2.75, 3.05) is 6.54 Å². The molecule has 0 spiro atoms. The van der Waals surface area contributed by atoms with Crippen LogP contribution in [0, 0.1) is 12.8 Å². The monoisotopic (exact) mass is 296 g/mol. The third-order valence-corrected chi connectivity index (χ3v) is 5.63. The molecule has 20 heavy (non-hydrogen) atoms. The molecule has 2 N–H and O–H groups in total. The Labute approximate surface area is 122 Å². The first-order chi connectivity index (χ1) is 9.36. The third-order valence-electron chi connectivity index (χ3n) is 3.57. The Kier molecular flexibility index (Phi) is 4.52. The molecule has 0 saturated heterocycles. The van der Waals surface area contributed by atoms with Gasteiger partial charge in [0.15, 0.2) is 0 Å². The summed E-state index contributed by atoms with van der Waals surface area (Å²) in [4.78, 5) is 0.410. The summed E-state index contributed by atoms with van der Waals surface area (Å²) in [6.45, 7) is 6.88. The van der Waals surface area contributed by atoms with Crippen molar-refractivity contribution in [3.8, 4) is 0 Å². The molecular formula is C15H24N2O2S. The van der Waals surface area contributed by atoms with E-state index in [2.05, 4.69) is 0 Å². The minimum absolute atomic E-state index is 0.184. The minimum atomic E-state index is -3.42. The maximum absolute atomic E-state index is 12.9. The van der Waals surface area contributed by atoms with Crippen LogP contribution in [0.25, 0.3) is 0 Å². The Morgan fingerprint density at radius 3 is 2.50 bits per heavy atom. The number of sulfonamides is 1. The number of nitrogens with zero attached hydrogens (tertiary/aromatic N) is 1. The van der Waals surface area contributed by atoms with Crippen LogP contribution in [0.15, 0.2) is 23.1 Å². The standard InChI is InChI=1S/C15H24N2O2S/c1-11(2)10-17(14-6-7-14)20(18,19)15-8-13(9-16)5-4-12(15)3/h4-5,8,11,14H,6-7,9-10,16H2,1-3H3. The Morgan fingerprint density at radius 2 is 2.00 bits per heavy atom. The van der Waals surface area contributed by atoms with Crippen molar-refractivity contribution < 1.29 is 8.42 Å². The lowest BCUT2D eigenvalue weighted by Crippen LogP contribution is -2.36. The highest BCUT2D eigenvalue weighted by Crippen LogP contribution is 2.33. The Hall–Kier alpha value is -0.910. The zero-order valence-electron chi connectivity index (χ0n) is 12.5. The van der Waals surface area contributed by atoms with E-state index in [0.717, 1.165) is 24.0 Å². The summed E-state index contributed by atoms with van der Waals surface area (Å²) in [5.74, 6) is 0.323. The second kappa shape index (κ2) is 5.84. The summed E-state index contributed by atoms with van der Waals surface area (Å²) in [5.41, 5.74) is 7.28. The minimum Gasteiger partial charge on any atom is -0.326 e. The molecule has 0 heterocycles. The Balaban J connectivity index is 2.41. The average Bonchev–Trinajstić information content (AvgIpc) is 3.20. The summed E-state index contributed by atoms with van der Waals surface area (Å²) >= 11 is 0. The van der Waals surface area contributed by atoms with Gasteiger partial charge >= 0.3 is 0 Å². The fraction of sp³-hybridized carbons (Fsp3) is 0.600. The highest BCUT2D eigenvalue weighted by atomic mass is 32.2.